The largest absolute Gasteiger partial charge is 0.478 e. The number of carbonyl (C=O) groups is 3. The minimum absolute atomic E-state index is 0.117. The van der Waals surface area contributed by atoms with Crippen LogP contribution in [0.1, 0.15) is 32.6 Å². The molecule has 2 aliphatic carbocycles. The van der Waals surface area contributed by atoms with Crippen LogP contribution < -0.4 is 4.90 Å². The van der Waals surface area contributed by atoms with Gasteiger partial charge in [-0.2, -0.15) is 0 Å². The fourth-order valence-corrected chi connectivity index (χ4v) is 6.04. The summed E-state index contributed by atoms with van der Waals surface area (Å²) in [6.45, 7) is 4.12. The van der Waals surface area contributed by atoms with E-state index >= 15 is 0 Å². The second-order valence-corrected chi connectivity index (χ2v) is 9.91. The molecule has 1 N–H and O–H groups in total. The molecule has 1 heterocycles. The van der Waals surface area contributed by atoms with Crippen molar-refractivity contribution in [2.75, 3.05) is 4.90 Å². The highest BCUT2D eigenvalue weighted by Crippen LogP contribution is 2.58. The van der Waals surface area contributed by atoms with Crippen LogP contribution in [0.3, 0.4) is 0 Å². The van der Waals surface area contributed by atoms with E-state index in [9.17, 15) is 19.5 Å². The Labute approximate surface area is 209 Å². The number of benzene rings is 3. The summed E-state index contributed by atoms with van der Waals surface area (Å²) in [6, 6.07) is 22.8. The van der Waals surface area contributed by atoms with E-state index in [2.05, 4.69) is 74.5 Å². The molecule has 36 heavy (non-hydrogen) atoms. The Kier molecular flexibility index (Phi) is 5.04. The van der Waals surface area contributed by atoms with Crippen LogP contribution in [-0.4, -0.2) is 22.9 Å². The molecule has 2 fully saturated rings. The number of nitrogens with zero attached hydrogens (tertiary/aromatic N) is 1. The van der Waals surface area contributed by atoms with Crippen molar-refractivity contribution >= 4 is 29.0 Å². The van der Waals surface area contributed by atoms with Crippen molar-refractivity contribution < 1.29 is 19.5 Å². The number of imide groups is 1. The van der Waals surface area contributed by atoms with Crippen molar-refractivity contribution in [2.45, 2.75) is 13.8 Å². The van der Waals surface area contributed by atoms with E-state index < -0.39 is 17.8 Å². The highest BCUT2D eigenvalue weighted by atomic mass is 16.4. The molecule has 1 saturated heterocycles. The number of carboxylic acid groups (broad SMARTS) is 1. The van der Waals surface area contributed by atoms with Gasteiger partial charge in [0.05, 0.1) is 23.1 Å². The summed E-state index contributed by atoms with van der Waals surface area (Å²) in [5.41, 5.74) is 7.29. The molecule has 3 aromatic carbocycles. The lowest BCUT2D eigenvalue weighted by Gasteiger charge is -2.22. The van der Waals surface area contributed by atoms with E-state index in [1.54, 1.807) is 0 Å². The topological polar surface area (TPSA) is 74.7 Å². The van der Waals surface area contributed by atoms with Crippen LogP contribution in [0.2, 0.25) is 0 Å². The Morgan fingerprint density at radius 3 is 1.50 bits per heavy atom. The van der Waals surface area contributed by atoms with E-state index in [4.69, 9.17) is 0 Å². The molecular weight excluding hydrogens is 450 g/mol. The molecule has 0 spiro atoms. The van der Waals surface area contributed by atoms with Crippen molar-refractivity contribution in [3.05, 3.63) is 118 Å². The zero-order chi connectivity index (χ0) is 25.1. The molecule has 4 atom stereocenters. The van der Waals surface area contributed by atoms with E-state index in [1.165, 1.54) is 40.3 Å². The van der Waals surface area contributed by atoms with Crippen LogP contribution in [0.4, 0.5) is 5.69 Å². The number of hydrogen-bond donors (Lipinski definition) is 1. The summed E-state index contributed by atoms with van der Waals surface area (Å²) in [5, 5.41) is 9.19. The van der Waals surface area contributed by atoms with Crippen LogP contribution >= 0.6 is 0 Å². The summed E-state index contributed by atoms with van der Waals surface area (Å²) < 4.78 is 0. The SMILES string of the molecule is Cc1ccc(C(=C2[C@H]3C=C[C@H]2[C@H]2C(=O)N(c4ccc(C(=O)O)cc4)C(=O)[C@@H]23)c2ccc(C)cc2)cc1. The molecule has 2 bridgehead atoms. The highest BCUT2D eigenvalue weighted by Gasteiger charge is 2.62. The first kappa shape index (κ1) is 22.2. The van der Waals surface area contributed by atoms with Gasteiger partial charge < -0.3 is 5.11 Å². The lowest BCUT2D eigenvalue weighted by atomic mass is 9.85. The minimum Gasteiger partial charge on any atom is -0.478 e. The lowest BCUT2D eigenvalue weighted by Crippen LogP contribution is -2.33. The van der Waals surface area contributed by atoms with E-state index in [-0.39, 0.29) is 29.2 Å². The number of aromatic carboxylic acids is 1. The van der Waals surface area contributed by atoms with Crippen LogP contribution in [0.25, 0.3) is 5.57 Å². The summed E-state index contributed by atoms with van der Waals surface area (Å²) in [7, 11) is 0. The standard InChI is InChI=1S/C31H25NO4/c1-17-3-7-19(8-4-17)25(20-9-5-18(2)6-10-20)26-23-15-16-24(26)28-27(23)29(33)32(30(28)34)22-13-11-21(12-14-22)31(35)36/h3-16,23-24,27-28H,1-2H3,(H,35,36)/t23-,24-,27-,28-/m1/s1. The molecule has 6 rings (SSSR count). The average molecular weight is 476 g/mol. The molecule has 3 aromatic rings. The molecule has 3 aliphatic rings. The molecular formula is C31H25NO4. The Hall–Kier alpha value is -4.25. The lowest BCUT2D eigenvalue weighted by molar-refractivity contribution is -0.122. The molecule has 178 valence electrons. The van der Waals surface area contributed by atoms with E-state index in [0.29, 0.717) is 5.69 Å². The number of carboxylic acids is 1. The van der Waals surface area contributed by atoms with Gasteiger partial charge >= 0.3 is 5.97 Å². The number of hydrogen-bond acceptors (Lipinski definition) is 3. The van der Waals surface area contributed by atoms with Crippen molar-refractivity contribution in [1.82, 2.24) is 0 Å². The van der Waals surface area contributed by atoms with Gasteiger partial charge in [-0.15, -0.1) is 0 Å². The van der Waals surface area contributed by atoms with Crippen LogP contribution in [0.5, 0.6) is 0 Å². The highest BCUT2D eigenvalue weighted by molar-refractivity contribution is 6.23. The smallest absolute Gasteiger partial charge is 0.335 e. The zero-order valence-corrected chi connectivity index (χ0v) is 20.0. The van der Waals surface area contributed by atoms with Crippen molar-refractivity contribution in [1.29, 1.82) is 0 Å². The number of amides is 2. The Balaban J connectivity index is 1.45. The molecule has 1 saturated carbocycles. The first-order chi connectivity index (χ1) is 17.3. The molecule has 5 heteroatoms. The van der Waals surface area contributed by atoms with Gasteiger partial charge in [0.2, 0.25) is 11.8 Å². The average Bonchev–Trinajstić information content (AvgIpc) is 3.51. The van der Waals surface area contributed by atoms with Gasteiger partial charge in [-0.1, -0.05) is 71.8 Å². The molecule has 0 unspecified atom stereocenters. The van der Waals surface area contributed by atoms with Crippen LogP contribution in [0, 0.1) is 37.5 Å². The first-order valence-electron chi connectivity index (χ1n) is 12.1. The van der Waals surface area contributed by atoms with Gasteiger partial charge in [0.1, 0.15) is 0 Å². The minimum atomic E-state index is -1.05. The van der Waals surface area contributed by atoms with E-state index in [0.717, 1.165) is 22.3 Å². The maximum Gasteiger partial charge on any atom is 0.335 e. The maximum atomic E-state index is 13.7. The maximum absolute atomic E-state index is 13.7. The predicted molar refractivity (Wildman–Crippen MR) is 137 cm³/mol. The second-order valence-electron chi connectivity index (χ2n) is 9.91. The Bertz CT molecular complexity index is 1380. The quantitative estimate of drug-likeness (QED) is 0.404. The summed E-state index contributed by atoms with van der Waals surface area (Å²) in [5.74, 6) is -2.69. The van der Waals surface area contributed by atoms with Gasteiger partial charge in [0, 0.05) is 11.8 Å². The monoisotopic (exact) mass is 475 g/mol. The summed E-state index contributed by atoms with van der Waals surface area (Å²) >= 11 is 0. The van der Waals surface area contributed by atoms with Crippen molar-refractivity contribution in [3.8, 4) is 0 Å². The van der Waals surface area contributed by atoms with Crippen molar-refractivity contribution in [2.24, 2.45) is 23.7 Å². The van der Waals surface area contributed by atoms with Crippen LogP contribution in [-0.2, 0) is 9.59 Å². The Morgan fingerprint density at radius 1 is 0.667 bits per heavy atom. The molecule has 1 aliphatic heterocycles. The number of rotatable bonds is 4. The second kappa shape index (κ2) is 8.16. The van der Waals surface area contributed by atoms with Crippen LogP contribution in [0.15, 0.2) is 90.5 Å². The third-order valence-electron chi connectivity index (χ3n) is 7.76. The third kappa shape index (κ3) is 3.27. The van der Waals surface area contributed by atoms with Gasteiger partial charge in [0.15, 0.2) is 0 Å². The number of aryl methyl sites for hydroxylation is 2. The fourth-order valence-electron chi connectivity index (χ4n) is 6.04. The first-order valence-corrected chi connectivity index (χ1v) is 12.1. The normalized spacial score (nSPS) is 23.9. The fraction of sp³-hybridized carbons (Fsp3) is 0.194. The van der Waals surface area contributed by atoms with Gasteiger partial charge in [-0.3, -0.25) is 9.59 Å². The van der Waals surface area contributed by atoms with E-state index in [1.807, 2.05) is 0 Å². The Morgan fingerprint density at radius 2 is 1.08 bits per heavy atom. The summed E-state index contributed by atoms with van der Waals surface area (Å²) in [6.07, 6.45) is 4.18. The number of allylic oxidation sites excluding steroid dienone is 3. The summed E-state index contributed by atoms with van der Waals surface area (Å²) in [4.78, 5) is 39.8. The molecule has 2 amide bonds. The number of anilines is 1. The predicted octanol–water partition coefficient (Wildman–Crippen LogP) is 5.43. The van der Waals surface area contributed by atoms with Crippen molar-refractivity contribution in [3.63, 3.8) is 0 Å². The molecule has 0 aromatic heterocycles. The molecule has 5 nitrogen and oxygen atoms in total. The van der Waals surface area contributed by atoms with Gasteiger partial charge in [0.25, 0.3) is 0 Å². The third-order valence-corrected chi connectivity index (χ3v) is 7.76. The van der Waals surface area contributed by atoms with Gasteiger partial charge in [-0.25, -0.2) is 9.69 Å². The number of fused-ring (bicyclic) bond motifs is 5. The zero-order valence-electron chi connectivity index (χ0n) is 20.0. The number of carbonyl (C=O) groups excluding carboxylic acids is 2. The van der Waals surface area contributed by atoms with Gasteiger partial charge in [-0.05, 0) is 60.4 Å². The molecule has 0 radical (unpaired) electrons.